The highest BCUT2D eigenvalue weighted by Gasteiger charge is 2.42. The zero-order valence-electron chi connectivity index (χ0n) is 19.3. The molecule has 2 heterocycles. The number of fused-ring (bicyclic) bond motifs is 1. The lowest BCUT2D eigenvalue weighted by molar-refractivity contribution is -0.140. The molecule has 0 bridgehead atoms. The highest BCUT2D eigenvalue weighted by atomic mass is 32.2. The molecule has 2 N–H and O–H groups in total. The van der Waals surface area contributed by atoms with Gasteiger partial charge in [-0.3, -0.25) is 9.59 Å². The molecule has 0 aliphatic carbocycles. The molecule has 178 valence electrons. The normalized spacial score (nSPS) is 25.0. The molecule has 4 atom stereocenters. The van der Waals surface area contributed by atoms with Crippen molar-refractivity contribution in [2.45, 2.75) is 82.5 Å². The maximum absolute atomic E-state index is 13.5. The van der Waals surface area contributed by atoms with Gasteiger partial charge in [0.15, 0.2) is 9.84 Å². The Morgan fingerprint density at radius 2 is 1.84 bits per heavy atom. The van der Waals surface area contributed by atoms with E-state index in [0.717, 1.165) is 31.2 Å². The van der Waals surface area contributed by atoms with Gasteiger partial charge in [-0.1, -0.05) is 50.1 Å². The van der Waals surface area contributed by atoms with Crippen LogP contribution in [0.25, 0.3) is 0 Å². The van der Waals surface area contributed by atoms with E-state index in [4.69, 9.17) is 0 Å². The van der Waals surface area contributed by atoms with Crippen LogP contribution in [-0.2, 0) is 25.8 Å². The molecule has 1 aromatic rings. The van der Waals surface area contributed by atoms with Crippen molar-refractivity contribution < 1.29 is 18.0 Å². The third kappa shape index (κ3) is 6.32. The minimum atomic E-state index is -3.31. The van der Waals surface area contributed by atoms with E-state index in [1.807, 2.05) is 42.2 Å². The monoisotopic (exact) mass is 463 g/mol. The SMILES string of the molecule is CCC(NC)C(=O)N[C@H]1CCCC[C@H]2CC[C@@H](CS(=O)(=O)CCc3ccccc3)N2C1=O. The fraction of sp³-hybridized carbons (Fsp3) is 0.667. The van der Waals surface area contributed by atoms with Crippen LogP contribution < -0.4 is 10.6 Å². The fourth-order valence-electron chi connectivity index (χ4n) is 5.02. The molecule has 1 aromatic carbocycles. The molecule has 0 radical (unpaired) electrons. The van der Waals surface area contributed by atoms with Gasteiger partial charge in [-0.2, -0.15) is 0 Å². The standard InChI is InChI=1S/C24H37N3O4S/c1-3-21(25-2)23(28)26-22-12-8-7-11-19-13-14-20(27(19)24(22)29)17-32(30,31)16-15-18-9-5-4-6-10-18/h4-6,9-10,19-22,25H,3,7-8,11-17H2,1-2H3,(H,26,28)/t19-,20-,21?,22-/m0/s1. The summed E-state index contributed by atoms with van der Waals surface area (Å²) in [5, 5.41) is 5.92. The number of benzene rings is 1. The minimum Gasteiger partial charge on any atom is -0.343 e. The van der Waals surface area contributed by atoms with E-state index in [0.29, 0.717) is 25.7 Å². The lowest BCUT2D eigenvalue weighted by Crippen LogP contribution is -2.56. The summed E-state index contributed by atoms with van der Waals surface area (Å²) in [4.78, 5) is 27.9. The molecule has 32 heavy (non-hydrogen) atoms. The Hall–Kier alpha value is -1.93. The first kappa shape index (κ1) is 24.7. The molecule has 2 amide bonds. The Labute approximate surface area is 192 Å². The molecule has 2 aliphatic rings. The number of hydrogen-bond donors (Lipinski definition) is 2. The van der Waals surface area contributed by atoms with Gasteiger partial charge in [0.25, 0.3) is 0 Å². The van der Waals surface area contributed by atoms with Gasteiger partial charge in [0.2, 0.25) is 11.8 Å². The zero-order valence-corrected chi connectivity index (χ0v) is 20.1. The number of hydrogen-bond acceptors (Lipinski definition) is 5. The quantitative estimate of drug-likeness (QED) is 0.585. The fourth-order valence-corrected chi connectivity index (χ4v) is 6.65. The second-order valence-electron chi connectivity index (χ2n) is 9.08. The van der Waals surface area contributed by atoms with Crippen LogP contribution in [0, 0.1) is 0 Å². The summed E-state index contributed by atoms with van der Waals surface area (Å²) in [5.74, 6) is -0.205. The van der Waals surface area contributed by atoms with Crippen LogP contribution in [0.15, 0.2) is 30.3 Å². The smallest absolute Gasteiger partial charge is 0.245 e. The van der Waals surface area contributed by atoms with Crippen molar-refractivity contribution in [2.75, 3.05) is 18.6 Å². The van der Waals surface area contributed by atoms with Crippen LogP contribution in [0.1, 0.15) is 57.4 Å². The van der Waals surface area contributed by atoms with Crippen LogP contribution in [0.2, 0.25) is 0 Å². The predicted molar refractivity (Wildman–Crippen MR) is 126 cm³/mol. The predicted octanol–water partition coefficient (Wildman–Crippen LogP) is 2.06. The zero-order chi connectivity index (χ0) is 23.1. The Balaban J connectivity index is 1.68. The van der Waals surface area contributed by atoms with Gasteiger partial charge >= 0.3 is 0 Å². The number of rotatable bonds is 9. The molecule has 7 nitrogen and oxygen atoms in total. The number of carbonyl (C=O) groups excluding carboxylic acids is 2. The van der Waals surface area contributed by atoms with Gasteiger partial charge in [0.1, 0.15) is 6.04 Å². The van der Waals surface area contributed by atoms with Crippen LogP contribution >= 0.6 is 0 Å². The summed E-state index contributed by atoms with van der Waals surface area (Å²) in [6, 6.07) is 8.45. The number of aryl methyl sites for hydroxylation is 1. The van der Waals surface area contributed by atoms with E-state index in [-0.39, 0.29) is 41.4 Å². The second-order valence-corrected chi connectivity index (χ2v) is 11.3. The van der Waals surface area contributed by atoms with Crippen LogP contribution in [0.5, 0.6) is 0 Å². The number of carbonyl (C=O) groups is 2. The third-order valence-corrected chi connectivity index (χ3v) is 8.55. The summed E-state index contributed by atoms with van der Waals surface area (Å²) < 4.78 is 25.8. The van der Waals surface area contributed by atoms with Gasteiger partial charge in [0, 0.05) is 12.1 Å². The average Bonchev–Trinajstić information content (AvgIpc) is 3.15. The highest BCUT2D eigenvalue weighted by molar-refractivity contribution is 7.91. The number of likely N-dealkylation sites (N-methyl/N-ethyl adjacent to an activating group) is 1. The Morgan fingerprint density at radius 3 is 2.53 bits per heavy atom. The van der Waals surface area contributed by atoms with Crippen molar-refractivity contribution in [1.82, 2.24) is 15.5 Å². The van der Waals surface area contributed by atoms with Gasteiger partial charge in [-0.15, -0.1) is 0 Å². The molecular weight excluding hydrogens is 426 g/mol. The van der Waals surface area contributed by atoms with E-state index in [1.165, 1.54) is 0 Å². The van der Waals surface area contributed by atoms with Crippen molar-refractivity contribution in [3.8, 4) is 0 Å². The molecular formula is C24H37N3O4S. The second kappa shape index (κ2) is 11.3. The minimum absolute atomic E-state index is 0.00313. The Morgan fingerprint density at radius 1 is 1.12 bits per heavy atom. The summed E-state index contributed by atoms with van der Waals surface area (Å²) >= 11 is 0. The Kier molecular flexibility index (Phi) is 8.71. The first-order valence-electron chi connectivity index (χ1n) is 11.9. The molecule has 8 heteroatoms. The lowest BCUT2D eigenvalue weighted by Gasteiger charge is -2.36. The van der Waals surface area contributed by atoms with Crippen molar-refractivity contribution >= 4 is 21.7 Å². The molecule has 0 saturated carbocycles. The van der Waals surface area contributed by atoms with Crippen molar-refractivity contribution in [3.05, 3.63) is 35.9 Å². The molecule has 2 saturated heterocycles. The number of nitrogens with zero attached hydrogens (tertiary/aromatic N) is 1. The van der Waals surface area contributed by atoms with E-state index >= 15 is 0 Å². The summed E-state index contributed by atoms with van der Waals surface area (Å²) in [5.41, 5.74) is 1.00. The molecule has 0 aromatic heterocycles. The maximum atomic E-state index is 13.5. The van der Waals surface area contributed by atoms with Crippen LogP contribution in [-0.4, -0.2) is 67.9 Å². The van der Waals surface area contributed by atoms with E-state index in [1.54, 1.807) is 7.05 Å². The molecule has 2 aliphatic heterocycles. The van der Waals surface area contributed by atoms with Gasteiger partial charge < -0.3 is 15.5 Å². The molecule has 1 unspecified atom stereocenters. The highest BCUT2D eigenvalue weighted by Crippen LogP contribution is 2.32. The molecule has 2 fully saturated rings. The molecule has 0 spiro atoms. The van der Waals surface area contributed by atoms with Crippen LogP contribution in [0.3, 0.4) is 0 Å². The largest absolute Gasteiger partial charge is 0.343 e. The topological polar surface area (TPSA) is 95.6 Å². The van der Waals surface area contributed by atoms with E-state index < -0.39 is 15.9 Å². The van der Waals surface area contributed by atoms with Gasteiger partial charge in [-0.05, 0) is 51.1 Å². The summed E-state index contributed by atoms with van der Waals surface area (Å²) in [6.07, 6.45) is 6.03. The number of nitrogens with one attached hydrogen (secondary N) is 2. The van der Waals surface area contributed by atoms with E-state index in [2.05, 4.69) is 10.6 Å². The van der Waals surface area contributed by atoms with Crippen LogP contribution in [0.4, 0.5) is 0 Å². The number of amides is 2. The van der Waals surface area contributed by atoms with Gasteiger partial charge in [0.05, 0.1) is 17.5 Å². The van der Waals surface area contributed by atoms with E-state index in [9.17, 15) is 18.0 Å². The average molecular weight is 464 g/mol. The number of sulfone groups is 1. The Bertz CT molecular complexity index is 870. The summed E-state index contributed by atoms with van der Waals surface area (Å²) in [7, 11) is -1.57. The first-order valence-corrected chi connectivity index (χ1v) is 13.7. The molecule has 3 rings (SSSR count). The maximum Gasteiger partial charge on any atom is 0.245 e. The lowest BCUT2D eigenvalue weighted by atomic mass is 9.98. The van der Waals surface area contributed by atoms with Crippen molar-refractivity contribution in [1.29, 1.82) is 0 Å². The van der Waals surface area contributed by atoms with Gasteiger partial charge in [-0.25, -0.2) is 8.42 Å². The third-order valence-electron chi connectivity index (χ3n) is 6.83. The summed E-state index contributed by atoms with van der Waals surface area (Å²) in [6.45, 7) is 1.92. The first-order chi connectivity index (χ1) is 15.3. The van der Waals surface area contributed by atoms with Crippen molar-refractivity contribution in [2.24, 2.45) is 0 Å². The van der Waals surface area contributed by atoms with Crippen molar-refractivity contribution in [3.63, 3.8) is 0 Å².